The van der Waals surface area contributed by atoms with E-state index < -0.39 is 0 Å². The number of nitrogens with zero attached hydrogens (tertiary/aromatic N) is 1. The monoisotopic (exact) mass is 388 g/mol. The second kappa shape index (κ2) is 10.6. The Morgan fingerprint density at radius 2 is 1.74 bits per heavy atom. The number of halogens is 1. The molecule has 0 aliphatic rings. The van der Waals surface area contributed by atoms with E-state index in [2.05, 4.69) is 5.32 Å². The quantitative estimate of drug-likeness (QED) is 0.700. The number of nitrogens with one attached hydrogen (secondary N) is 1. The number of carbonyl (C=O) groups is 2. The summed E-state index contributed by atoms with van der Waals surface area (Å²) in [6, 6.07) is 14.8. The van der Waals surface area contributed by atoms with Crippen LogP contribution in [0.1, 0.15) is 32.3 Å². The highest BCUT2D eigenvalue weighted by atomic mass is 35.5. The predicted molar refractivity (Wildman–Crippen MR) is 108 cm³/mol. The fraction of sp³-hybridized carbons (Fsp3) is 0.333. The topological polar surface area (TPSA) is 58.6 Å². The maximum Gasteiger partial charge on any atom is 0.223 e. The Morgan fingerprint density at radius 1 is 1.07 bits per heavy atom. The van der Waals surface area contributed by atoms with E-state index in [9.17, 15) is 9.59 Å². The van der Waals surface area contributed by atoms with Gasteiger partial charge in [0.2, 0.25) is 11.8 Å². The van der Waals surface area contributed by atoms with Gasteiger partial charge in [0.25, 0.3) is 0 Å². The van der Waals surface area contributed by atoms with E-state index >= 15 is 0 Å². The summed E-state index contributed by atoms with van der Waals surface area (Å²) in [6.07, 6.45) is 1.16. The van der Waals surface area contributed by atoms with Crippen molar-refractivity contribution in [3.8, 4) is 5.75 Å². The predicted octanol–water partition coefficient (Wildman–Crippen LogP) is 4.19. The van der Waals surface area contributed by atoms with Gasteiger partial charge in [-0.1, -0.05) is 30.7 Å². The molecule has 2 aromatic rings. The normalized spacial score (nSPS) is 10.3. The smallest absolute Gasteiger partial charge is 0.223 e. The number of carbonyl (C=O) groups excluding carboxylic acids is 2. The fourth-order valence-corrected chi connectivity index (χ4v) is 2.63. The van der Waals surface area contributed by atoms with Crippen molar-refractivity contribution >= 4 is 29.1 Å². The van der Waals surface area contributed by atoms with E-state index in [0.29, 0.717) is 30.5 Å². The molecule has 0 heterocycles. The molecule has 2 rings (SSSR count). The second-order valence-corrected chi connectivity index (χ2v) is 6.62. The van der Waals surface area contributed by atoms with Gasteiger partial charge in [-0.2, -0.15) is 0 Å². The lowest BCUT2D eigenvalue weighted by Crippen LogP contribution is -2.34. The molecular weight excluding hydrogens is 364 g/mol. The van der Waals surface area contributed by atoms with Gasteiger partial charge in [-0.15, -0.1) is 0 Å². The number of amides is 2. The van der Waals surface area contributed by atoms with E-state index in [-0.39, 0.29) is 18.2 Å². The molecular formula is C21H25ClN2O3. The highest BCUT2D eigenvalue weighted by Gasteiger charge is 2.13. The largest absolute Gasteiger partial charge is 0.489 e. The summed E-state index contributed by atoms with van der Waals surface area (Å²) in [5.41, 5.74) is 1.76. The lowest BCUT2D eigenvalue weighted by molar-refractivity contribution is -0.121. The number of hydrogen-bond acceptors (Lipinski definition) is 3. The number of rotatable bonds is 9. The van der Waals surface area contributed by atoms with Crippen LogP contribution < -0.4 is 15.0 Å². The Hall–Kier alpha value is -2.53. The van der Waals surface area contributed by atoms with Gasteiger partial charge in [0, 0.05) is 37.1 Å². The minimum absolute atomic E-state index is 0.0500. The molecule has 0 aromatic heterocycles. The summed E-state index contributed by atoms with van der Waals surface area (Å²) >= 11 is 5.87. The molecule has 0 saturated heterocycles. The molecule has 2 aromatic carbocycles. The summed E-state index contributed by atoms with van der Waals surface area (Å²) in [5, 5.41) is 3.51. The molecule has 0 aliphatic carbocycles. The van der Waals surface area contributed by atoms with Gasteiger partial charge in [0.15, 0.2) is 0 Å². The van der Waals surface area contributed by atoms with Crippen LogP contribution >= 0.6 is 11.6 Å². The van der Waals surface area contributed by atoms with E-state index in [4.69, 9.17) is 16.3 Å². The molecule has 27 heavy (non-hydrogen) atoms. The molecule has 144 valence electrons. The average molecular weight is 389 g/mol. The van der Waals surface area contributed by atoms with Crippen LogP contribution in [0.3, 0.4) is 0 Å². The minimum Gasteiger partial charge on any atom is -0.489 e. The number of hydrogen-bond donors (Lipinski definition) is 1. The van der Waals surface area contributed by atoms with Crippen LogP contribution in [0.5, 0.6) is 5.75 Å². The fourth-order valence-electron chi connectivity index (χ4n) is 2.50. The summed E-state index contributed by atoms with van der Waals surface area (Å²) in [5.74, 6) is 0.553. The zero-order chi connectivity index (χ0) is 19.6. The Bertz CT molecular complexity index is 745. The molecule has 5 nitrogen and oxygen atoms in total. The SMILES string of the molecule is CCCNC(=O)CCN(C(C)=O)c1ccc(OCc2ccc(Cl)cc2)cc1. The van der Waals surface area contributed by atoms with Crippen molar-refractivity contribution in [3.05, 3.63) is 59.1 Å². The first kappa shape index (κ1) is 20.8. The molecule has 2 amide bonds. The van der Waals surface area contributed by atoms with Crippen molar-refractivity contribution in [2.75, 3.05) is 18.0 Å². The Labute approximate surface area is 165 Å². The van der Waals surface area contributed by atoms with Gasteiger partial charge in [0.05, 0.1) is 0 Å². The Morgan fingerprint density at radius 3 is 2.33 bits per heavy atom. The maximum atomic E-state index is 11.9. The lowest BCUT2D eigenvalue weighted by atomic mass is 10.2. The summed E-state index contributed by atoms with van der Waals surface area (Å²) < 4.78 is 5.76. The van der Waals surface area contributed by atoms with Crippen molar-refractivity contribution < 1.29 is 14.3 Å². The first-order chi connectivity index (χ1) is 13.0. The zero-order valence-corrected chi connectivity index (χ0v) is 16.5. The summed E-state index contributed by atoms with van der Waals surface area (Å²) in [4.78, 5) is 25.3. The number of ether oxygens (including phenoxy) is 1. The van der Waals surface area contributed by atoms with Crippen LogP contribution in [0.15, 0.2) is 48.5 Å². The van der Waals surface area contributed by atoms with Gasteiger partial charge in [0.1, 0.15) is 12.4 Å². The van der Waals surface area contributed by atoms with E-state index in [1.807, 2.05) is 55.5 Å². The Balaban J connectivity index is 1.92. The van der Waals surface area contributed by atoms with Gasteiger partial charge < -0.3 is 15.0 Å². The Kier molecular flexibility index (Phi) is 8.14. The molecule has 0 atom stereocenters. The summed E-state index contributed by atoms with van der Waals surface area (Å²) in [6.45, 7) is 4.92. The van der Waals surface area contributed by atoms with Crippen molar-refractivity contribution in [3.63, 3.8) is 0 Å². The second-order valence-electron chi connectivity index (χ2n) is 6.18. The number of benzene rings is 2. The number of anilines is 1. The van der Waals surface area contributed by atoms with Crippen LogP contribution in [0.2, 0.25) is 5.02 Å². The van der Waals surface area contributed by atoms with Crippen LogP contribution in [0.25, 0.3) is 0 Å². The molecule has 0 aliphatic heterocycles. The van der Waals surface area contributed by atoms with Crippen LogP contribution in [-0.2, 0) is 16.2 Å². The molecule has 0 spiro atoms. The minimum atomic E-state index is -0.104. The highest BCUT2D eigenvalue weighted by Crippen LogP contribution is 2.21. The molecule has 0 unspecified atom stereocenters. The lowest BCUT2D eigenvalue weighted by Gasteiger charge is -2.21. The third-order valence-electron chi connectivity index (χ3n) is 3.98. The third-order valence-corrected chi connectivity index (χ3v) is 4.23. The summed E-state index contributed by atoms with van der Waals surface area (Å²) in [7, 11) is 0. The van der Waals surface area contributed by atoms with Gasteiger partial charge in [-0.25, -0.2) is 0 Å². The molecule has 0 saturated carbocycles. The van der Waals surface area contributed by atoms with Crippen molar-refractivity contribution in [2.45, 2.75) is 33.3 Å². The average Bonchev–Trinajstić information content (AvgIpc) is 2.66. The molecule has 1 N–H and O–H groups in total. The maximum absolute atomic E-state index is 11.9. The molecule has 6 heteroatoms. The van der Waals surface area contributed by atoms with Crippen molar-refractivity contribution in [2.24, 2.45) is 0 Å². The van der Waals surface area contributed by atoms with Gasteiger partial charge >= 0.3 is 0 Å². The van der Waals surface area contributed by atoms with E-state index in [0.717, 1.165) is 17.7 Å². The van der Waals surface area contributed by atoms with Crippen LogP contribution in [-0.4, -0.2) is 24.9 Å². The van der Waals surface area contributed by atoms with Gasteiger partial charge in [-0.3, -0.25) is 9.59 Å². The highest BCUT2D eigenvalue weighted by molar-refractivity contribution is 6.30. The van der Waals surface area contributed by atoms with Crippen LogP contribution in [0.4, 0.5) is 5.69 Å². The third kappa shape index (κ3) is 6.94. The molecule has 0 fully saturated rings. The van der Waals surface area contributed by atoms with Crippen molar-refractivity contribution in [1.82, 2.24) is 5.32 Å². The van der Waals surface area contributed by atoms with Crippen LogP contribution in [0, 0.1) is 0 Å². The van der Waals surface area contributed by atoms with E-state index in [1.165, 1.54) is 6.92 Å². The molecule has 0 bridgehead atoms. The van der Waals surface area contributed by atoms with Gasteiger partial charge in [-0.05, 0) is 48.4 Å². The first-order valence-corrected chi connectivity index (χ1v) is 9.39. The standard InChI is InChI=1S/C21H25ClN2O3/c1-3-13-23-21(26)12-14-24(16(2)25)19-8-10-20(11-9-19)27-15-17-4-6-18(22)7-5-17/h4-11H,3,12-15H2,1-2H3,(H,23,26). The van der Waals surface area contributed by atoms with E-state index in [1.54, 1.807) is 4.90 Å². The first-order valence-electron chi connectivity index (χ1n) is 9.01. The zero-order valence-electron chi connectivity index (χ0n) is 15.7. The molecule has 0 radical (unpaired) electrons. The van der Waals surface area contributed by atoms with Crippen molar-refractivity contribution in [1.29, 1.82) is 0 Å².